The monoisotopic (exact) mass is 360 g/mol. The summed E-state index contributed by atoms with van der Waals surface area (Å²) in [6.07, 6.45) is 0.622. The molecule has 0 saturated carbocycles. The van der Waals surface area contributed by atoms with Gasteiger partial charge in [0, 0.05) is 37.1 Å². The molecule has 2 aromatic rings. The highest BCUT2D eigenvalue weighted by atomic mass is 19.4. The fraction of sp³-hybridized carbons (Fsp3) is 0.368. The van der Waals surface area contributed by atoms with Crippen LogP contribution in [0.1, 0.15) is 36.0 Å². The molecule has 26 heavy (non-hydrogen) atoms. The molecule has 7 heteroatoms. The van der Waals surface area contributed by atoms with Crippen LogP contribution in [0.2, 0.25) is 0 Å². The zero-order chi connectivity index (χ0) is 18.6. The smallest absolute Gasteiger partial charge is 0.381 e. The van der Waals surface area contributed by atoms with E-state index in [0.29, 0.717) is 12.2 Å². The number of hydrogen-bond donors (Lipinski definition) is 1. The van der Waals surface area contributed by atoms with Crippen LogP contribution in [0.3, 0.4) is 0 Å². The van der Waals surface area contributed by atoms with Gasteiger partial charge >= 0.3 is 6.18 Å². The molecule has 1 fully saturated rings. The molecule has 0 radical (unpaired) electrons. The van der Waals surface area contributed by atoms with Crippen molar-refractivity contribution < 1.29 is 13.2 Å². The largest absolute Gasteiger partial charge is 0.417 e. The van der Waals surface area contributed by atoms with Crippen LogP contribution in [-0.4, -0.2) is 18.1 Å². The van der Waals surface area contributed by atoms with Gasteiger partial charge in [-0.3, -0.25) is 0 Å². The molecule has 0 atom stereocenters. The predicted octanol–water partition coefficient (Wildman–Crippen LogP) is 4.57. The third-order valence-electron chi connectivity index (χ3n) is 4.45. The maximum Gasteiger partial charge on any atom is 0.417 e. The van der Waals surface area contributed by atoms with Gasteiger partial charge in [-0.2, -0.15) is 18.4 Å². The Morgan fingerprint density at radius 2 is 1.92 bits per heavy atom. The molecule has 1 aliphatic rings. The van der Waals surface area contributed by atoms with E-state index in [4.69, 9.17) is 5.26 Å². The Morgan fingerprint density at radius 1 is 1.15 bits per heavy atom. The lowest BCUT2D eigenvalue weighted by atomic mass is 10.1. The van der Waals surface area contributed by atoms with E-state index in [0.717, 1.165) is 43.4 Å². The molecule has 136 valence electrons. The van der Waals surface area contributed by atoms with Crippen LogP contribution >= 0.6 is 0 Å². The van der Waals surface area contributed by atoms with E-state index in [-0.39, 0.29) is 5.56 Å². The van der Waals surface area contributed by atoms with Crippen LogP contribution in [0.15, 0.2) is 36.5 Å². The van der Waals surface area contributed by atoms with Gasteiger partial charge in [-0.1, -0.05) is 6.07 Å². The average molecular weight is 360 g/mol. The maximum absolute atomic E-state index is 13.1. The zero-order valence-electron chi connectivity index (χ0n) is 14.2. The number of halogens is 3. The topological polar surface area (TPSA) is 52.0 Å². The summed E-state index contributed by atoms with van der Waals surface area (Å²) >= 11 is 0. The number of benzene rings is 1. The van der Waals surface area contributed by atoms with E-state index in [1.54, 1.807) is 12.3 Å². The molecule has 0 spiro atoms. The lowest BCUT2D eigenvalue weighted by Crippen LogP contribution is -2.31. The quantitative estimate of drug-likeness (QED) is 0.867. The van der Waals surface area contributed by atoms with Crippen molar-refractivity contribution >= 4 is 11.5 Å². The average Bonchev–Trinajstić information content (AvgIpc) is 2.66. The van der Waals surface area contributed by atoms with Crippen molar-refractivity contribution in [3.05, 3.63) is 53.2 Å². The number of pyridine rings is 1. The highest BCUT2D eigenvalue weighted by molar-refractivity contribution is 5.55. The predicted molar refractivity (Wildman–Crippen MR) is 93.8 cm³/mol. The van der Waals surface area contributed by atoms with Crippen LogP contribution in [0, 0.1) is 11.3 Å². The molecular formula is C19H19F3N4. The van der Waals surface area contributed by atoms with Gasteiger partial charge in [-0.25, -0.2) is 4.98 Å². The molecule has 1 aromatic carbocycles. The van der Waals surface area contributed by atoms with Crippen LogP contribution < -0.4 is 10.2 Å². The standard InChI is InChI=1S/C19H19F3N4/c20-19(21,22)17-11-16(7-6-14(17)12-23)25-13-15-5-4-8-24-18(15)26-9-2-1-3-10-26/h4-8,11,25H,1-3,9-10,13H2. The lowest BCUT2D eigenvalue weighted by Gasteiger charge is -2.29. The lowest BCUT2D eigenvalue weighted by molar-refractivity contribution is -0.137. The minimum Gasteiger partial charge on any atom is -0.381 e. The van der Waals surface area contributed by atoms with Gasteiger partial charge in [-0.15, -0.1) is 0 Å². The molecular weight excluding hydrogens is 341 g/mol. The molecule has 4 nitrogen and oxygen atoms in total. The number of piperidine rings is 1. The van der Waals surface area contributed by atoms with Gasteiger partial charge in [0.25, 0.3) is 0 Å². The molecule has 0 bridgehead atoms. The molecule has 3 rings (SSSR count). The van der Waals surface area contributed by atoms with Gasteiger partial charge in [0.15, 0.2) is 0 Å². The van der Waals surface area contributed by atoms with Gasteiger partial charge in [0.05, 0.1) is 17.2 Å². The van der Waals surface area contributed by atoms with Crippen molar-refractivity contribution in [1.29, 1.82) is 5.26 Å². The van der Waals surface area contributed by atoms with Gasteiger partial charge in [0.2, 0.25) is 0 Å². The number of nitrogens with one attached hydrogen (secondary N) is 1. The number of nitrogens with zero attached hydrogens (tertiary/aromatic N) is 3. The van der Waals surface area contributed by atoms with E-state index in [1.807, 2.05) is 12.1 Å². The Kier molecular flexibility index (Phi) is 5.31. The second-order valence-electron chi connectivity index (χ2n) is 6.26. The number of hydrogen-bond acceptors (Lipinski definition) is 4. The number of nitriles is 1. The van der Waals surface area contributed by atoms with Crippen LogP contribution in [-0.2, 0) is 12.7 Å². The fourth-order valence-corrected chi connectivity index (χ4v) is 3.14. The summed E-state index contributed by atoms with van der Waals surface area (Å²) in [5.41, 5.74) is -0.0389. The molecule has 0 aliphatic carbocycles. The molecule has 1 saturated heterocycles. The molecule has 2 heterocycles. The summed E-state index contributed by atoms with van der Waals surface area (Å²) < 4.78 is 39.3. The maximum atomic E-state index is 13.1. The van der Waals surface area contributed by atoms with Gasteiger partial charge < -0.3 is 10.2 Å². The number of aromatic nitrogens is 1. The molecule has 0 unspecified atom stereocenters. The number of alkyl halides is 3. The van der Waals surface area contributed by atoms with Crippen molar-refractivity contribution in [2.45, 2.75) is 32.0 Å². The Bertz CT molecular complexity index is 805. The molecule has 1 aromatic heterocycles. The summed E-state index contributed by atoms with van der Waals surface area (Å²) in [6, 6.07) is 9.01. The van der Waals surface area contributed by atoms with E-state index >= 15 is 0 Å². The first-order chi connectivity index (χ1) is 12.5. The first kappa shape index (κ1) is 18.1. The molecule has 0 amide bonds. The highest BCUT2D eigenvalue weighted by Crippen LogP contribution is 2.33. The van der Waals surface area contributed by atoms with Crippen molar-refractivity contribution in [3.8, 4) is 6.07 Å². The van der Waals surface area contributed by atoms with Crippen molar-refractivity contribution in [1.82, 2.24) is 4.98 Å². The van der Waals surface area contributed by atoms with E-state index < -0.39 is 11.7 Å². The second kappa shape index (κ2) is 7.65. The number of anilines is 2. The Morgan fingerprint density at radius 3 is 2.62 bits per heavy atom. The summed E-state index contributed by atoms with van der Waals surface area (Å²) in [5, 5.41) is 11.9. The van der Waals surface area contributed by atoms with E-state index in [9.17, 15) is 13.2 Å². The Balaban J connectivity index is 1.79. The normalized spacial score (nSPS) is 14.8. The minimum absolute atomic E-state index is 0.324. The highest BCUT2D eigenvalue weighted by Gasteiger charge is 2.33. The second-order valence-corrected chi connectivity index (χ2v) is 6.26. The first-order valence-electron chi connectivity index (χ1n) is 8.53. The summed E-state index contributed by atoms with van der Waals surface area (Å²) in [5.74, 6) is 0.879. The summed E-state index contributed by atoms with van der Waals surface area (Å²) in [4.78, 5) is 6.68. The van der Waals surface area contributed by atoms with Crippen LogP contribution in [0.25, 0.3) is 0 Å². The molecule has 1 aliphatic heterocycles. The fourth-order valence-electron chi connectivity index (χ4n) is 3.14. The first-order valence-corrected chi connectivity index (χ1v) is 8.53. The van der Waals surface area contributed by atoms with Gasteiger partial charge in [-0.05, 0) is 43.5 Å². The third kappa shape index (κ3) is 4.07. The van der Waals surface area contributed by atoms with Crippen LogP contribution in [0.4, 0.5) is 24.7 Å². The van der Waals surface area contributed by atoms with Crippen molar-refractivity contribution in [2.75, 3.05) is 23.3 Å². The van der Waals surface area contributed by atoms with Crippen LogP contribution in [0.5, 0.6) is 0 Å². The van der Waals surface area contributed by atoms with Gasteiger partial charge in [0.1, 0.15) is 5.82 Å². The van der Waals surface area contributed by atoms with Crippen molar-refractivity contribution in [2.24, 2.45) is 0 Å². The Hall–Kier alpha value is -2.75. The summed E-state index contributed by atoms with van der Waals surface area (Å²) in [6.45, 7) is 2.25. The zero-order valence-corrected chi connectivity index (χ0v) is 14.2. The summed E-state index contributed by atoms with van der Waals surface area (Å²) in [7, 11) is 0. The molecule has 1 N–H and O–H groups in total. The third-order valence-corrected chi connectivity index (χ3v) is 4.45. The number of rotatable bonds is 4. The van der Waals surface area contributed by atoms with Crippen molar-refractivity contribution in [3.63, 3.8) is 0 Å². The van der Waals surface area contributed by atoms with E-state index in [2.05, 4.69) is 15.2 Å². The SMILES string of the molecule is N#Cc1ccc(NCc2cccnc2N2CCCCC2)cc1C(F)(F)F. The minimum atomic E-state index is -4.56. The van der Waals surface area contributed by atoms with E-state index in [1.165, 1.54) is 18.6 Å². The Labute approximate surface area is 150 Å².